The minimum Gasteiger partial charge on any atom is -0.449 e. The number of carbonyl (C=O) groups is 2. The van der Waals surface area contributed by atoms with Crippen molar-refractivity contribution < 1.29 is 19.2 Å². The number of amides is 2. The van der Waals surface area contributed by atoms with Crippen molar-refractivity contribution in [2.45, 2.75) is 56.7 Å². The van der Waals surface area contributed by atoms with Gasteiger partial charge in [-0.15, -0.1) is 11.6 Å². The van der Waals surface area contributed by atoms with Gasteiger partial charge in [0.25, 0.3) is 5.91 Å². The lowest BCUT2D eigenvalue weighted by molar-refractivity contribution is -0.142. The lowest BCUT2D eigenvalue weighted by Crippen LogP contribution is -2.48. The summed E-state index contributed by atoms with van der Waals surface area (Å²) >= 11 is 5.83. The van der Waals surface area contributed by atoms with E-state index in [1.54, 1.807) is 0 Å². The highest BCUT2D eigenvalue weighted by molar-refractivity contribution is 6.17. The maximum Gasteiger partial charge on any atom is 0.407 e. The fourth-order valence-corrected chi connectivity index (χ4v) is 5.31. The van der Waals surface area contributed by atoms with Gasteiger partial charge in [0.05, 0.1) is 0 Å². The highest BCUT2D eigenvalue weighted by Crippen LogP contribution is 2.44. The number of rotatable bonds is 14. The Balaban J connectivity index is 1.39. The molecule has 1 aliphatic rings. The van der Waals surface area contributed by atoms with Crippen molar-refractivity contribution in [3.8, 4) is 11.1 Å². The van der Waals surface area contributed by atoms with Crippen molar-refractivity contribution in [3.63, 3.8) is 0 Å². The van der Waals surface area contributed by atoms with Gasteiger partial charge in [-0.3, -0.25) is 9.63 Å². The Morgan fingerprint density at radius 3 is 2.12 bits per heavy atom. The number of halogens is 1. The van der Waals surface area contributed by atoms with Crippen LogP contribution in [0.3, 0.4) is 0 Å². The van der Waals surface area contributed by atoms with E-state index in [4.69, 9.17) is 21.2 Å². The van der Waals surface area contributed by atoms with Gasteiger partial charge in [0, 0.05) is 17.8 Å². The van der Waals surface area contributed by atoms with Gasteiger partial charge in [-0.25, -0.2) is 10.3 Å². The van der Waals surface area contributed by atoms with Crippen LogP contribution in [0.15, 0.2) is 78.9 Å². The summed E-state index contributed by atoms with van der Waals surface area (Å²) in [6.07, 6.45) is 1.80. The second kappa shape index (κ2) is 14.8. The van der Waals surface area contributed by atoms with Crippen LogP contribution in [0.5, 0.6) is 0 Å². The summed E-state index contributed by atoms with van der Waals surface area (Å²) < 4.78 is 5.70. The minimum atomic E-state index is -0.813. The van der Waals surface area contributed by atoms with E-state index in [2.05, 4.69) is 40.4 Å². The molecule has 3 aromatic rings. The Morgan fingerprint density at radius 2 is 1.50 bits per heavy atom. The largest absolute Gasteiger partial charge is 0.449 e. The molecule has 8 heteroatoms. The summed E-state index contributed by atoms with van der Waals surface area (Å²) in [5, 5.41) is 5.95. The summed E-state index contributed by atoms with van der Waals surface area (Å²) in [4.78, 5) is 32.1. The van der Waals surface area contributed by atoms with Crippen LogP contribution < -0.4 is 16.1 Å². The number of hydroxylamine groups is 1. The van der Waals surface area contributed by atoms with Crippen molar-refractivity contribution in [2.24, 2.45) is 0 Å². The lowest BCUT2D eigenvalue weighted by Gasteiger charge is -2.25. The molecule has 1 aliphatic carbocycles. The van der Waals surface area contributed by atoms with E-state index in [0.29, 0.717) is 12.3 Å². The van der Waals surface area contributed by atoms with E-state index < -0.39 is 24.1 Å². The smallest absolute Gasteiger partial charge is 0.407 e. The van der Waals surface area contributed by atoms with Gasteiger partial charge in [0.1, 0.15) is 18.8 Å². The zero-order valence-corrected chi connectivity index (χ0v) is 23.8. The second-order valence-electron chi connectivity index (χ2n) is 10.1. The number of ether oxygens (including phenoxy) is 1. The van der Waals surface area contributed by atoms with E-state index >= 15 is 0 Å². The zero-order valence-electron chi connectivity index (χ0n) is 23.1. The van der Waals surface area contributed by atoms with Gasteiger partial charge in [-0.1, -0.05) is 91.7 Å². The molecule has 0 aromatic heterocycles. The first-order chi connectivity index (χ1) is 19.5. The molecule has 2 unspecified atom stereocenters. The Bertz CT molecular complexity index is 1210. The van der Waals surface area contributed by atoms with Crippen molar-refractivity contribution in [1.29, 1.82) is 0 Å². The number of hydrogen-bond donors (Lipinski definition) is 3. The van der Waals surface area contributed by atoms with Crippen molar-refractivity contribution in [3.05, 3.63) is 95.6 Å². The van der Waals surface area contributed by atoms with Crippen LogP contribution in [0.2, 0.25) is 0 Å². The van der Waals surface area contributed by atoms with Gasteiger partial charge in [-0.2, -0.15) is 0 Å². The van der Waals surface area contributed by atoms with E-state index in [1.165, 1.54) is 0 Å². The number of alkyl carbamates (subject to hydrolysis) is 1. The van der Waals surface area contributed by atoms with Crippen LogP contribution in [0.1, 0.15) is 61.3 Å². The average molecular weight is 564 g/mol. The Labute approximate surface area is 241 Å². The number of alkyl halides is 1. The highest BCUT2D eigenvalue weighted by atomic mass is 35.5. The molecule has 0 radical (unpaired) electrons. The van der Waals surface area contributed by atoms with E-state index in [0.717, 1.165) is 47.1 Å². The fourth-order valence-electron chi connectivity index (χ4n) is 5.12. The fraction of sp³-hybridized carbons (Fsp3) is 0.375. The summed E-state index contributed by atoms with van der Waals surface area (Å²) in [6, 6.07) is 25.1. The summed E-state index contributed by atoms with van der Waals surface area (Å²) in [5.41, 5.74) is 8.09. The first-order valence-corrected chi connectivity index (χ1v) is 14.4. The molecule has 0 saturated carbocycles. The molecule has 0 bridgehead atoms. The molecule has 2 amide bonds. The number of likely N-dealkylation sites (N-methyl/N-ethyl adjacent to an activating group) is 1. The Morgan fingerprint density at radius 1 is 0.875 bits per heavy atom. The van der Waals surface area contributed by atoms with Crippen LogP contribution in [0.25, 0.3) is 11.1 Å². The molecule has 3 N–H and O–H groups in total. The van der Waals surface area contributed by atoms with Gasteiger partial charge in [0.2, 0.25) is 0 Å². The van der Waals surface area contributed by atoms with E-state index in [-0.39, 0.29) is 18.6 Å². The predicted molar refractivity (Wildman–Crippen MR) is 158 cm³/mol. The first-order valence-electron chi connectivity index (χ1n) is 13.9. The third-order valence-electron chi connectivity index (χ3n) is 7.40. The molecule has 3 aromatic carbocycles. The first kappa shape index (κ1) is 29.6. The standard InChI is InChI=1S/C32H38ClN3O4/c1-22(34-2)30(23-13-5-3-6-14-23)40-36-31(37)29(19-7-4-12-20-33)35-32(38)39-21-28-26-17-10-8-15-24(26)25-16-9-11-18-27(25)28/h3,5-6,8-11,13-18,22,28-30,34H,4,7,12,19-21H2,1-2H3,(H,35,38)(H,36,37)/t22?,29?,30-/m1/s1. The third kappa shape index (κ3) is 7.42. The van der Waals surface area contributed by atoms with E-state index in [9.17, 15) is 9.59 Å². The molecule has 0 spiro atoms. The van der Waals surface area contributed by atoms with E-state index in [1.807, 2.05) is 68.6 Å². The monoisotopic (exact) mass is 563 g/mol. The number of fused-ring (bicyclic) bond motifs is 3. The van der Waals surface area contributed by atoms with Crippen LogP contribution in [-0.2, 0) is 14.4 Å². The van der Waals surface area contributed by atoms with Crippen molar-refractivity contribution in [2.75, 3.05) is 19.5 Å². The maximum absolute atomic E-state index is 13.2. The lowest BCUT2D eigenvalue weighted by atomic mass is 9.98. The highest BCUT2D eigenvalue weighted by Gasteiger charge is 2.30. The van der Waals surface area contributed by atoms with Crippen LogP contribution in [0, 0.1) is 0 Å². The number of unbranched alkanes of at least 4 members (excludes halogenated alkanes) is 2. The molecule has 4 rings (SSSR count). The maximum atomic E-state index is 13.2. The molecule has 0 aliphatic heterocycles. The van der Waals surface area contributed by atoms with Crippen LogP contribution in [-0.4, -0.2) is 43.6 Å². The molecule has 0 heterocycles. The third-order valence-corrected chi connectivity index (χ3v) is 7.67. The number of nitrogens with one attached hydrogen (secondary N) is 3. The topological polar surface area (TPSA) is 88.7 Å². The van der Waals surface area contributed by atoms with Gasteiger partial charge >= 0.3 is 6.09 Å². The predicted octanol–water partition coefficient (Wildman–Crippen LogP) is 6.09. The number of benzene rings is 3. The van der Waals surface area contributed by atoms with Gasteiger partial charge in [-0.05, 0) is 54.6 Å². The summed E-state index contributed by atoms with van der Waals surface area (Å²) in [6.45, 7) is 2.15. The Kier molecular flexibility index (Phi) is 11.0. The van der Waals surface area contributed by atoms with Crippen LogP contribution >= 0.6 is 11.6 Å². The summed E-state index contributed by atoms with van der Waals surface area (Å²) in [5.74, 6) is 0.0660. The van der Waals surface area contributed by atoms with Crippen molar-refractivity contribution in [1.82, 2.24) is 16.1 Å². The molecule has 40 heavy (non-hydrogen) atoms. The number of hydrogen-bond acceptors (Lipinski definition) is 5. The van der Waals surface area contributed by atoms with Gasteiger partial charge in [0.15, 0.2) is 0 Å². The quantitative estimate of drug-likeness (QED) is 0.125. The molecular weight excluding hydrogens is 526 g/mol. The molecule has 0 saturated heterocycles. The van der Waals surface area contributed by atoms with Crippen LogP contribution in [0.4, 0.5) is 4.79 Å². The molecule has 0 fully saturated rings. The second-order valence-corrected chi connectivity index (χ2v) is 10.4. The zero-order chi connectivity index (χ0) is 28.3. The average Bonchev–Trinajstić information content (AvgIpc) is 3.31. The molecule has 212 valence electrons. The van der Waals surface area contributed by atoms with Crippen molar-refractivity contribution >= 4 is 23.6 Å². The minimum absolute atomic E-state index is 0.0628. The molecule has 3 atom stereocenters. The SMILES string of the molecule is CNC(C)[C@@H](ONC(=O)C(CCCCCCl)NC(=O)OCC1c2ccccc2-c2ccccc21)c1ccccc1. The molecule has 7 nitrogen and oxygen atoms in total. The Hall–Kier alpha value is -3.39. The summed E-state index contributed by atoms with van der Waals surface area (Å²) in [7, 11) is 1.84. The normalized spacial score (nSPS) is 14.5. The van der Waals surface area contributed by atoms with Gasteiger partial charge < -0.3 is 15.4 Å². The number of carbonyl (C=O) groups excluding carboxylic acids is 2. The molecular formula is C32H38ClN3O4.